The van der Waals surface area contributed by atoms with Crippen molar-refractivity contribution in [3.05, 3.63) is 66.0 Å². The van der Waals surface area contributed by atoms with E-state index >= 15 is 0 Å². The molecule has 1 aromatic heterocycles. The minimum atomic E-state index is -0.0597. The van der Waals surface area contributed by atoms with Crippen LogP contribution < -0.4 is 0 Å². The maximum atomic E-state index is 12.4. The summed E-state index contributed by atoms with van der Waals surface area (Å²) >= 11 is 0. The molecular formula is C19H22N2O2. The number of morpholine rings is 1. The van der Waals surface area contributed by atoms with Gasteiger partial charge >= 0.3 is 0 Å². The van der Waals surface area contributed by atoms with Gasteiger partial charge in [0.05, 0.1) is 13.2 Å². The monoisotopic (exact) mass is 310 g/mol. The molecule has 1 unspecified atom stereocenters. The second-order valence-corrected chi connectivity index (χ2v) is 5.82. The number of ether oxygens (including phenoxy) is 1. The Morgan fingerprint density at radius 1 is 1.22 bits per heavy atom. The predicted molar refractivity (Wildman–Crippen MR) is 88.9 cm³/mol. The van der Waals surface area contributed by atoms with Gasteiger partial charge in [0.25, 0.3) is 0 Å². The number of carbonyl (C=O) groups is 1. The van der Waals surface area contributed by atoms with Crippen LogP contribution in [0.3, 0.4) is 0 Å². The van der Waals surface area contributed by atoms with Crippen molar-refractivity contribution in [2.75, 3.05) is 19.7 Å². The number of pyridine rings is 1. The van der Waals surface area contributed by atoms with E-state index in [0.29, 0.717) is 26.1 Å². The molecule has 4 heteroatoms. The quantitative estimate of drug-likeness (QED) is 0.852. The molecule has 1 amide bonds. The second-order valence-electron chi connectivity index (χ2n) is 5.82. The van der Waals surface area contributed by atoms with E-state index in [-0.39, 0.29) is 12.0 Å². The first kappa shape index (κ1) is 15.7. The highest BCUT2D eigenvalue weighted by molar-refractivity contribution is 5.76. The van der Waals surface area contributed by atoms with Crippen molar-refractivity contribution in [1.82, 2.24) is 9.88 Å². The molecule has 0 spiro atoms. The zero-order valence-electron chi connectivity index (χ0n) is 13.2. The van der Waals surface area contributed by atoms with E-state index in [1.807, 2.05) is 41.4 Å². The van der Waals surface area contributed by atoms with Gasteiger partial charge in [-0.2, -0.15) is 0 Å². The smallest absolute Gasteiger partial charge is 0.222 e. The Kier molecular flexibility index (Phi) is 5.37. The highest BCUT2D eigenvalue weighted by Gasteiger charge is 2.25. The van der Waals surface area contributed by atoms with Gasteiger partial charge in [0, 0.05) is 30.9 Å². The largest absolute Gasteiger partial charge is 0.370 e. The number of hydrogen-bond donors (Lipinski definition) is 0. The van der Waals surface area contributed by atoms with Crippen molar-refractivity contribution in [2.45, 2.75) is 25.4 Å². The number of aromatic nitrogens is 1. The van der Waals surface area contributed by atoms with Crippen LogP contribution in [-0.4, -0.2) is 35.5 Å². The van der Waals surface area contributed by atoms with E-state index in [1.54, 1.807) is 6.20 Å². The number of carbonyl (C=O) groups excluding carboxylic acids is 1. The summed E-state index contributed by atoms with van der Waals surface area (Å²) in [7, 11) is 0. The molecule has 0 N–H and O–H groups in total. The third-order valence-corrected chi connectivity index (χ3v) is 4.17. The molecule has 0 radical (unpaired) electrons. The average molecular weight is 310 g/mol. The number of aryl methyl sites for hydroxylation is 1. The fraction of sp³-hybridized carbons (Fsp3) is 0.368. The molecule has 4 nitrogen and oxygen atoms in total. The van der Waals surface area contributed by atoms with Gasteiger partial charge in [-0.25, -0.2) is 0 Å². The molecule has 120 valence electrons. The normalized spacial score (nSPS) is 17.9. The summed E-state index contributed by atoms with van der Waals surface area (Å²) in [6.07, 6.45) is 5.93. The van der Waals surface area contributed by atoms with Crippen molar-refractivity contribution in [2.24, 2.45) is 0 Å². The fourth-order valence-corrected chi connectivity index (χ4v) is 2.89. The number of rotatable bonds is 5. The van der Waals surface area contributed by atoms with Crippen molar-refractivity contribution in [3.63, 3.8) is 0 Å². The van der Waals surface area contributed by atoms with Gasteiger partial charge < -0.3 is 9.64 Å². The Labute approximate surface area is 137 Å². The van der Waals surface area contributed by atoms with E-state index in [0.717, 1.165) is 18.4 Å². The third-order valence-electron chi connectivity index (χ3n) is 4.17. The van der Waals surface area contributed by atoms with Crippen molar-refractivity contribution < 1.29 is 9.53 Å². The molecule has 1 aliphatic heterocycles. The molecule has 23 heavy (non-hydrogen) atoms. The maximum absolute atomic E-state index is 12.4. The van der Waals surface area contributed by atoms with Gasteiger partial charge in [0.15, 0.2) is 0 Å². The van der Waals surface area contributed by atoms with Crippen LogP contribution in [0.1, 0.15) is 30.1 Å². The van der Waals surface area contributed by atoms with Crippen LogP contribution in [0, 0.1) is 0 Å². The summed E-state index contributed by atoms with van der Waals surface area (Å²) in [5.74, 6) is 0.220. The topological polar surface area (TPSA) is 42.4 Å². The lowest BCUT2D eigenvalue weighted by Gasteiger charge is -2.33. The molecule has 2 aromatic rings. The van der Waals surface area contributed by atoms with Crippen LogP contribution in [0.25, 0.3) is 0 Å². The first-order valence-corrected chi connectivity index (χ1v) is 8.16. The molecule has 1 aromatic carbocycles. The Morgan fingerprint density at radius 2 is 2.09 bits per heavy atom. The molecule has 1 fully saturated rings. The molecule has 1 saturated heterocycles. The lowest BCUT2D eigenvalue weighted by molar-refractivity contribution is -0.139. The van der Waals surface area contributed by atoms with E-state index in [4.69, 9.17) is 4.74 Å². The molecule has 1 aliphatic rings. The molecule has 0 saturated carbocycles. The minimum Gasteiger partial charge on any atom is -0.370 e. The zero-order valence-corrected chi connectivity index (χ0v) is 13.2. The van der Waals surface area contributed by atoms with Crippen LogP contribution in [-0.2, 0) is 16.0 Å². The number of benzene rings is 1. The summed E-state index contributed by atoms with van der Waals surface area (Å²) in [5.41, 5.74) is 2.32. The van der Waals surface area contributed by atoms with Gasteiger partial charge in [0.1, 0.15) is 6.10 Å². The zero-order chi connectivity index (χ0) is 15.9. The van der Waals surface area contributed by atoms with Gasteiger partial charge in [0.2, 0.25) is 5.91 Å². The van der Waals surface area contributed by atoms with Crippen molar-refractivity contribution in [1.29, 1.82) is 0 Å². The summed E-state index contributed by atoms with van der Waals surface area (Å²) in [6, 6.07) is 14.2. The highest BCUT2D eigenvalue weighted by Crippen LogP contribution is 2.22. The van der Waals surface area contributed by atoms with Crippen molar-refractivity contribution >= 4 is 5.91 Å². The summed E-state index contributed by atoms with van der Waals surface area (Å²) in [4.78, 5) is 18.5. The van der Waals surface area contributed by atoms with Gasteiger partial charge in [-0.3, -0.25) is 9.78 Å². The van der Waals surface area contributed by atoms with Crippen LogP contribution in [0.15, 0.2) is 54.9 Å². The Balaban J connectivity index is 1.49. The fourth-order valence-electron chi connectivity index (χ4n) is 2.89. The summed E-state index contributed by atoms with van der Waals surface area (Å²) < 4.78 is 5.78. The van der Waals surface area contributed by atoms with E-state index in [2.05, 4.69) is 17.1 Å². The summed E-state index contributed by atoms with van der Waals surface area (Å²) in [6.45, 7) is 1.89. The molecular weight excluding hydrogens is 288 g/mol. The first-order valence-electron chi connectivity index (χ1n) is 8.16. The van der Waals surface area contributed by atoms with E-state index < -0.39 is 0 Å². The maximum Gasteiger partial charge on any atom is 0.222 e. The summed E-state index contributed by atoms with van der Waals surface area (Å²) in [5, 5.41) is 0. The second kappa shape index (κ2) is 7.88. The van der Waals surface area contributed by atoms with Gasteiger partial charge in [-0.1, -0.05) is 36.4 Å². The Bertz CT molecular complexity index is 616. The number of amides is 1. The van der Waals surface area contributed by atoms with E-state index in [1.165, 1.54) is 5.56 Å². The predicted octanol–water partition coefficient (Wildman–Crippen LogP) is 3.00. The van der Waals surface area contributed by atoms with Crippen LogP contribution >= 0.6 is 0 Å². The standard InChI is InChI=1S/C19H22N2O2/c22-19(10-4-8-16-6-2-1-3-7-16)21-12-13-23-18(15-21)17-9-5-11-20-14-17/h1-3,5-7,9,11,14,18H,4,8,10,12-13,15H2. The molecule has 2 heterocycles. The SMILES string of the molecule is O=C(CCCc1ccccc1)N1CCOC(c2cccnc2)C1. The average Bonchev–Trinajstić information content (AvgIpc) is 2.63. The number of hydrogen-bond acceptors (Lipinski definition) is 3. The highest BCUT2D eigenvalue weighted by atomic mass is 16.5. The molecule has 3 rings (SSSR count). The van der Waals surface area contributed by atoms with Gasteiger partial charge in [-0.05, 0) is 24.5 Å². The molecule has 0 aliphatic carbocycles. The lowest BCUT2D eigenvalue weighted by Crippen LogP contribution is -2.42. The minimum absolute atomic E-state index is 0.0597. The van der Waals surface area contributed by atoms with Crippen LogP contribution in [0.5, 0.6) is 0 Å². The Hall–Kier alpha value is -2.20. The number of nitrogens with zero attached hydrogens (tertiary/aromatic N) is 2. The molecule has 1 atom stereocenters. The van der Waals surface area contributed by atoms with Crippen LogP contribution in [0.2, 0.25) is 0 Å². The lowest BCUT2D eigenvalue weighted by atomic mass is 10.1. The van der Waals surface area contributed by atoms with Crippen LogP contribution in [0.4, 0.5) is 0 Å². The van der Waals surface area contributed by atoms with Crippen molar-refractivity contribution in [3.8, 4) is 0 Å². The Morgan fingerprint density at radius 3 is 2.87 bits per heavy atom. The van der Waals surface area contributed by atoms with Gasteiger partial charge in [-0.15, -0.1) is 0 Å². The molecule has 0 bridgehead atoms. The first-order chi connectivity index (χ1) is 11.3. The third kappa shape index (κ3) is 4.39. The van der Waals surface area contributed by atoms with E-state index in [9.17, 15) is 4.79 Å².